The van der Waals surface area contributed by atoms with Crippen molar-refractivity contribution in [2.75, 3.05) is 0 Å². The highest BCUT2D eigenvalue weighted by Crippen LogP contribution is 2.30. The molecule has 6 nitrogen and oxygen atoms in total. The molecule has 0 radical (unpaired) electrons. The molecule has 3 aromatic rings. The number of benzene rings is 1. The van der Waals surface area contributed by atoms with Crippen molar-refractivity contribution in [2.24, 2.45) is 7.05 Å². The van der Waals surface area contributed by atoms with E-state index in [1.807, 2.05) is 11.7 Å². The lowest BCUT2D eigenvalue weighted by Gasteiger charge is -2.21. The van der Waals surface area contributed by atoms with Crippen molar-refractivity contribution in [1.29, 1.82) is 0 Å². The molecule has 0 atom stereocenters. The summed E-state index contributed by atoms with van der Waals surface area (Å²) in [6, 6.07) is 10.4. The van der Waals surface area contributed by atoms with Gasteiger partial charge in [-0.3, -0.25) is 4.68 Å². The Labute approximate surface area is 167 Å². The van der Waals surface area contributed by atoms with E-state index in [0.29, 0.717) is 10.2 Å². The Morgan fingerprint density at radius 3 is 2.74 bits per heavy atom. The predicted molar refractivity (Wildman–Crippen MR) is 105 cm³/mol. The van der Waals surface area contributed by atoms with E-state index in [-0.39, 0.29) is 18.0 Å². The number of nitrogens with zero attached hydrogens (tertiary/aromatic N) is 3. The molecule has 0 spiro atoms. The van der Waals surface area contributed by atoms with E-state index in [4.69, 9.17) is 4.42 Å². The minimum absolute atomic E-state index is 0.155. The molecule has 1 aromatic carbocycles. The van der Waals surface area contributed by atoms with E-state index in [1.165, 1.54) is 15.6 Å². The maximum Gasteiger partial charge on any atom is 0.244 e. The average molecular weight is 450 g/mol. The van der Waals surface area contributed by atoms with Gasteiger partial charge in [-0.1, -0.05) is 12.1 Å². The quantitative estimate of drug-likeness (QED) is 0.575. The minimum atomic E-state index is -3.74. The Kier molecular flexibility index (Phi) is 4.96. The normalized spacial score (nSPS) is 14.0. The van der Waals surface area contributed by atoms with Crippen molar-refractivity contribution >= 4 is 26.0 Å². The second kappa shape index (κ2) is 7.26. The van der Waals surface area contributed by atoms with Crippen molar-refractivity contribution in [1.82, 2.24) is 14.1 Å². The van der Waals surface area contributed by atoms with Gasteiger partial charge in [0.05, 0.1) is 29.9 Å². The van der Waals surface area contributed by atoms with Gasteiger partial charge < -0.3 is 4.42 Å². The molecule has 1 aliphatic rings. The Morgan fingerprint density at radius 2 is 2.00 bits per heavy atom. The van der Waals surface area contributed by atoms with E-state index in [0.717, 1.165) is 25.0 Å². The van der Waals surface area contributed by atoms with Crippen molar-refractivity contribution in [2.45, 2.75) is 37.2 Å². The fourth-order valence-electron chi connectivity index (χ4n) is 3.59. The molecule has 0 amide bonds. The SMILES string of the molecule is Cn1nc(CN(Cc2ccco2)S(=O)(=O)c2ccccc2Br)c2c1CCC2. The first-order valence-electron chi connectivity index (χ1n) is 8.77. The Bertz CT molecular complexity index is 1060. The van der Waals surface area contributed by atoms with Crippen LogP contribution in [-0.2, 0) is 43.0 Å². The zero-order valence-corrected chi connectivity index (χ0v) is 17.3. The van der Waals surface area contributed by atoms with Crippen LogP contribution in [0.1, 0.15) is 29.1 Å². The van der Waals surface area contributed by atoms with Crippen molar-refractivity contribution in [3.05, 3.63) is 69.8 Å². The van der Waals surface area contributed by atoms with Crippen LogP contribution in [0.15, 0.2) is 56.4 Å². The number of aryl methyl sites for hydroxylation is 1. The Morgan fingerprint density at radius 1 is 1.19 bits per heavy atom. The third kappa shape index (κ3) is 3.49. The number of furan rings is 1. The van der Waals surface area contributed by atoms with Gasteiger partial charge in [-0.25, -0.2) is 8.42 Å². The first kappa shape index (κ1) is 18.5. The highest BCUT2D eigenvalue weighted by atomic mass is 79.9. The van der Waals surface area contributed by atoms with E-state index in [1.54, 1.807) is 42.7 Å². The number of hydrogen-bond acceptors (Lipinski definition) is 4. The van der Waals surface area contributed by atoms with Crippen molar-refractivity contribution in [3.63, 3.8) is 0 Å². The molecule has 8 heteroatoms. The molecule has 27 heavy (non-hydrogen) atoms. The number of halogens is 1. The molecule has 0 N–H and O–H groups in total. The summed E-state index contributed by atoms with van der Waals surface area (Å²) in [5.41, 5.74) is 3.22. The predicted octanol–water partition coefficient (Wildman–Crippen LogP) is 3.66. The van der Waals surface area contributed by atoms with Gasteiger partial charge >= 0.3 is 0 Å². The molecule has 0 bridgehead atoms. The lowest BCUT2D eigenvalue weighted by Crippen LogP contribution is -2.31. The number of fused-ring (bicyclic) bond motifs is 1. The highest BCUT2D eigenvalue weighted by Gasteiger charge is 2.30. The summed E-state index contributed by atoms with van der Waals surface area (Å²) in [5.74, 6) is 0.596. The molecule has 2 aromatic heterocycles. The molecule has 142 valence electrons. The second-order valence-electron chi connectivity index (χ2n) is 6.63. The fraction of sp³-hybridized carbons (Fsp3) is 0.316. The van der Waals surface area contributed by atoms with Crippen LogP contribution >= 0.6 is 15.9 Å². The average Bonchev–Trinajstić information content (AvgIpc) is 3.36. The molecule has 4 rings (SSSR count). The number of hydrogen-bond donors (Lipinski definition) is 0. The summed E-state index contributed by atoms with van der Waals surface area (Å²) >= 11 is 3.37. The van der Waals surface area contributed by atoms with Gasteiger partial charge in [0, 0.05) is 17.2 Å². The monoisotopic (exact) mass is 449 g/mol. The first-order valence-corrected chi connectivity index (χ1v) is 11.0. The highest BCUT2D eigenvalue weighted by molar-refractivity contribution is 9.10. The van der Waals surface area contributed by atoms with Gasteiger partial charge in [-0.15, -0.1) is 0 Å². The minimum Gasteiger partial charge on any atom is -0.468 e. The fourth-order valence-corrected chi connectivity index (χ4v) is 5.92. The molecule has 0 unspecified atom stereocenters. The summed E-state index contributed by atoms with van der Waals surface area (Å²) in [6.45, 7) is 0.371. The van der Waals surface area contributed by atoms with Crippen LogP contribution in [-0.4, -0.2) is 22.5 Å². The number of rotatable bonds is 6. The van der Waals surface area contributed by atoms with Gasteiger partial charge in [0.2, 0.25) is 10.0 Å². The van der Waals surface area contributed by atoms with E-state index in [9.17, 15) is 8.42 Å². The van der Waals surface area contributed by atoms with Gasteiger partial charge in [0.1, 0.15) is 5.76 Å². The van der Waals surface area contributed by atoms with Crippen LogP contribution in [0.3, 0.4) is 0 Å². The van der Waals surface area contributed by atoms with Crippen LogP contribution in [0.25, 0.3) is 0 Å². The van der Waals surface area contributed by atoms with Crippen LogP contribution in [0.5, 0.6) is 0 Å². The molecular formula is C19H20BrN3O3S. The largest absolute Gasteiger partial charge is 0.468 e. The van der Waals surface area contributed by atoms with Crippen molar-refractivity contribution < 1.29 is 12.8 Å². The molecule has 0 saturated heterocycles. The maximum absolute atomic E-state index is 13.4. The lowest BCUT2D eigenvalue weighted by molar-refractivity contribution is 0.353. The van der Waals surface area contributed by atoms with Gasteiger partial charge in [-0.2, -0.15) is 9.40 Å². The lowest BCUT2D eigenvalue weighted by atomic mass is 10.2. The first-order chi connectivity index (χ1) is 13.0. The van der Waals surface area contributed by atoms with Gasteiger partial charge in [0.15, 0.2) is 0 Å². The zero-order valence-electron chi connectivity index (χ0n) is 14.9. The molecule has 1 aliphatic carbocycles. The van der Waals surface area contributed by atoms with Crippen LogP contribution in [0.2, 0.25) is 0 Å². The van der Waals surface area contributed by atoms with Crippen LogP contribution in [0, 0.1) is 0 Å². The van der Waals surface area contributed by atoms with Crippen molar-refractivity contribution in [3.8, 4) is 0 Å². The summed E-state index contributed by atoms with van der Waals surface area (Å²) in [4.78, 5) is 0.240. The second-order valence-corrected chi connectivity index (χ2v) is 9.39. The summed E-state index contributed by atoms with van der Waals surface area (Å²) < 4.78 is 36.1. The number of sulfonamides is 1. The number of aromatic nitrogens is 2. The van der Waals surface area contributed by atoms with Gasteiger partial charge in [-0.05, 0) is 65.0 Å². The van der Waals surface area contributed by atoms with E-state index < -0.39 is 10.0 Å². The maximum atomic E-state index is 13.4. The standard InChI is InChI=1S/C19H20BrN3O3S/c1-22-18-9-4-7-15(18)17(21-22)13-23(12-14-6-5-11-26-14)27(24,25)19-10-3-2-8-16(19)20/h2-3,5-6,8,10-11H,4,7,9,12-13H2,1H3. The smallest absolute Gasteiger partial charge is 0.244 e. The Hall–Kier alpha value is -1.90. The summed E-state index contributed by atoms with van der Waals surface area (Å²) in [6.07, 6.45) is 4.58. The molecular weight excluding hydrogens is 430 g/mol. The van der Waals surface area contributed by atoms with Gasteiger partial charge in [0.25, 0.3) is 0 Å². The van der Waals surface area contributed by atoms with Crippen LogP contribution < -0.4 is 0 Å². The Balaban J connectivity index is 1.74. The molecule has 0 saturated carbocycles. The summed E-state index contributed by atoms with van der Waals surface area (Å²) in [7, 11) is -1.81. The molecule has 0 fully saturated rings. The molecule has 2 heterocycles. The third-order valence-corrected chi connectivity index (χ3v) is 7.70. The topological polar surface area (TPSA) is 68.3 Å². The zero-order chi connectivity index (χ0) is 19.0. The third-order valence-electron chi connectivity index (χ3n) is 4.89. The summed E-state index contributed by atoms with van der Waals surface area (Å²) in [5, 5.41) is 4.60. The van der Waals surface area contributed by atoms with E-state index in [2.05, 4.69) is 21.0 Å². The molecule has 0 aliphatic heterocycles. The van der Waals surface area contributed by atoms with E-state index >= 15 is 0 Å². The van der Waals surface area contributed by atoms with Crippen LogP contribution in [0.4, 0.5) is 0 Å².